The van der Waals surface area contributed by atoms with E-state index in [0.717, 1.165) is 10.5 Å². The van der Waals surface area contributed by atoms with Gasteiger partial charge < -0.3 is 14.6 Å². The second-order valence-electron chi connectivity index (χ2n) is 9.65. The van der Waals surface area contributed by atoms with Gasteiger partial charge in [-0.2, -0.15) is 0 Å². The van der Waals surface area contributed by atoms with Gasteiger partial charge in [0.25, 0.3) is 0 Å². The van der Waals surface area contributed by atoms with Crippen LogP contribution in [-0.4, -0.2) is 58.8 Å². The second-order valence-corrected chi connectivity index (χ2v) is 11.6. The van der Waals surface area contributed by atoms with Gasteiger partial charge in [0, 0.05) is 6.54 Å². The van der Waals surface area contributed by atoms with Crippen LogP contribution >= 0.6 is 0 Å². The fourth-order valence-corrected chi connectivity index (χ4v) is 5.25. The minimum Gasteiger partial charge on any atom is -0.482 e. The van der Waals surface area contributed by atoms with Crippen molar-refractivity contribution in [2.75, 3.05) is 11.3 Å². The normalized spacial score (nSPS) is 17.8. The van der Waals surface area contributed by atoms with E-state index in [2.05, 4.69) is 4.72 Å². The number of carboxylic acid groups (broad SMARTS) is 1. The summed E-state index contributed by atoms with van der Waals surface area (Å²) in [4.78, 5) is 36.6. The third-order valence-corrected chi connectivity index (χ3v) is 7.09. The molecule has 38 heavy (non-hydrogen) atoms. The molecule has 2 aromatic carbocycles. The van der Waals surface area contributed by atoms with Crippen LogP contribution in [0.5, 0.6) is 5.75 Å². The number of amides is 1. The van der Waals surface area contributed by atoms with Gasteiger partial charge in [-0.15, -0.1) is 0 Å². The molecule has 2 N–H and O–H groups in total. The van der Waals surface area contributed by atoms with Gasteiger partial charge >= 0.3 is 17.7 Å². The van der Waals surface area contributed by atoms with Crippen LogP contribution in [-0.2, 0) is 26.2 Å². The molecule has 0 bridgehead atoms. The van der Waals surface area contributed by atoms with E-state index in [0.29, 0.717) is 0 Å². The van der Waals surface area contributed by atoms with Gasteiger partial charge in [-0.1, -0.05) is 42.5 Å². The van der Waals surface area contributed by atoms with Crippen LogP contribution in [0.3, 0.4) is 0 Å². The fraction of sp³-hybridized carbons (Fsp3) is 0.360. The number of hydrogen-bond acceptors (Lipinski definition) is 8. The molecule has 0 spiro atoms. The number of aliphatic carboxylic acids is 1. The molecule has 0 radical (unpaired) electrons. The number of sulfonamides is 1. The summed E-state index contributed by atoms with van der Waals surface area (Å²) in [6.07, 6.45) is 0.212. The maximum atomic E-state index is 13.4. The van der Waals surface area contributed by atoms with Crippen LogP contribution in [0.1, 0.15) is 33.3 Å². The first kappa shape index (κ1) is 28.4. The van der Waals surface area contributed by atoms with Gasteiger partial charge in [0.1, 0.15) is 23.1 Å². The maximum Gasteiger partial charge on any atom is 0.411 e. The number of rotatable bonds is 8. The number of anilines is 1. The molecule has 0 saturated carbocycles. The monoisotopic (exact) mass is 547 g/mol. The first-order valence-electron chi connectivity index (χ1n) is 11.6. The number of ether oxygens (including phenoxy) is 2. The van der Waals surface area contributed by atoms with Crippen LogP contribution in [0.2, 0.25) is 0 Å². The minimum absolute atomic E-state index is 0.0177. The lowest BCUT2D eigenvalue weighted by atomic mass is 10.0. The summed E-state index contributed by atoms with van der Waals surface area (Å²) in [5.41, 5.74) is -1.03. The van der Waals surface area contributed by atoms with Crippen molar-refractivity contribution in [2.45, 2.75) is 51.2 Å². The van der Waals surface area contributed by atoms with E-state index in [1.165, 1.54) is 31.2 Å². The summed E-state index contributed by atoms with van der Waals surface area (Å²) in [6, 6.07) is 11.5. The summed E-state index contributed by atoms with van der Waals surface area (Å²) in [7, 11) is -4.40. The van der Waals surface area contributed by atoms with E-state index < -0.39 is 56.1 Å². The predicted octanol–water partition coefficient (Wildman–Crippen LogP) is 3.93. The summed E-state index contributed by atoms with van der Waals surface area (Å²) in [5, 5.41) is 20.2. The highest BCUT2D eigenvalue weighted by Gasteiger charge is 2.42. The second kappa shape index (κ2) is 11.1. The van der Waals surface area contributed by atoms with Crippen molar-refractivity contribution in [3.8, 4) is 5.75 Å². The van der Waals surface area contributed by atoms with Crippen molar-refractivity contribution < 1.29 is 37.5 Å². The molecule has 1 amide bonds. The molecule has 0 aromatic heterocycles. The standard InChI is InChI=1S/C25H29N3O9S/c1-16-13-18(14-27(21(16)23(29)30)24(31)37-25(2,3)4)38(34,35)26-19-11-8-12-20(22(19)28(32)33)36-15-17-9-6-5-7-10-17/h5-13,18,21,26H,14-15H2,1-4H3,(H,29,30). The Morgan fingerprint density at radius 3 is 2.39 bits per heavy atom. The number of carbonyl (C=O) groups is 2. The van der Waals surface area contributed by atoms with E-state index in [1.807, 2.05) is 6.07 Å². The van der Waals surface area contributed by atoms with Gasteiger partial charge in [-0.25, -0.2) is 18.0 Å². The topological polar surface area (TPSA) is 165 Å². The molecule has 0 saturated heterocycles. The molecule has 3 rings (SSSR count). The molecule has 1 aliphatic rings. The number of nitrogens with one attached hydrogen (secondary N) is 1. The molecular weight excluding hydrogens is 518 g/mol. The van der Waals surface area contributed by atoms with Gasteiger partial charge in [0.05, 0.1) is 4.92 Å². The van der Waals surface area contributed by atoms with Gasteiger partial charge in [0.2, 0.25) is 10.0 Å². The van der Waals surface area contributed by atoms with Gasteiger partial charge in [-0.05, 0) is 51.0 Å². The largest absolute Gasteiger partial charge is 0.482 e. The highest BCUT2D eigenvalue weighted by molar-refractivity contribution is 7.93. The van der Waals surface area contributed by atoms with E-state index >= 15 is 0 Å². The Kier molecular flexibility index (Phi) is 8.30. The van der Waals surface area contributed by atoms with Crippen molar-refractivity contribution >= 4 is 33.5 Å². The lowest BCUT2D eigenvalue weighted by Crippen LogP contribution is -2.54. The van der Waals surface area contributed by atoms with Crippen LogP contribution < -0.4 is 9.46 Å². The summed E-state index contributed by atoms with van der Waals surface area (Å²) in [6.45, 7) is 5.64. The Hall–Kier alpha value is -4.13. The molecule has 2 unspecified atom stereocenters. The maximum absolute atomic E-state index is 13.4. The van der Waals surface area contributed by atoms with Gasteiger partial charge in [-0.3, -0.25) is 19.7 Å². The number of carbonyl (C=O) groups excluding carboxylic acids is 1. The number of nitro groups is 1. The molecule has 0 fully saturated rings. The molecule has 1 aliphatic heterocycles. The van der Waals surface area contributed by atoms with Crippen molar-refractivity contribution in [3.63, 3.8) is 0 Å². The zero-order chi connectivity index (χ0) is 28.3. The zero-order valence-electron chi connectivity index (χ0n) is 21.3. The van der Waals surface area contributed by atoms with Crippen molar-refractivity contribution in [2.24, 2.45) is 0 Å². The zero-order valence-corrected chi connectivity index (χ0v) is 22.1. The number of carboxylic acids is 1. The molecule has 12 nitrogen and oxygen atoms in total. The average Bonchev–Trinajstić information content (AvgIpc) is 2.81. The molecule has 1 heterocycles. The molecule has 13 heteroatoms. The summed E-state index contributed by atoms with van der Waals surface area (Å²) in [5.74, 6) is -1.50. The summed E-state index contributed by atoms with van der Waals surface area (Å²) >= 11 is 0. The van der Waals surface area contributed by atoms with E-state index in [-0.39, 0.29) is 23.6 Å². The number of hydrogen-bond donors (Lipinski definition) is 2. The van der Waals surface area contributed by atoms with Crippen LogP contribution in [0, 0.1) is 10.1 Å². The highest BCUT2D eigenvalue weighted by Crippen LogP contribution is 2.36. The van der Waals surface area contributed by atoms with Crippen LogP contribution in [0.15, 0.2) is 60.2 Å². The smallest absolute Gasteiger partial charge is 0.411 e. The Morgan fingerprint density at radius 2 is 1.82 bits per heavy atom. The van der Waals surface area contributed by atoms with E-state index in [1.54, 1.807) is 45.0 Å². The van der Waals surface area contributed by atoms with Crippen molar-refractivity contribution in [1.82, 2.24) is 4.90 Å². The SMILES string of the molecule is CC1=CC(S(=O)(=O)Nc2cccc(OCc3ccccc3)c2[N+](=O)[O-])CN(C(=O)OC(C)(C)C)C1C(=O)O. The van der Waals surface area contributed by atoms with E-state index in [4.69, 9.17) is 9.47 Å². The molecule has 2 atom stereocenters. The molecule has 2 aromatic rings. The fourth-order valence-electron chi connectivity index (χ4n) is 3.87. The lowest BCUT2D eigenvalue weighted by molar-refractivity contribution is -0.385. The third-order valence-electron chi connectivity index (χ3n) is 5.50. The Balaban J connectivity index is 1.92. The number of benzene rings is 2. The Bertz CT molecular complexity index is 1350. The van der Waals surface area contributed by atoms with Gasteiger partial charge in [0.15, 0.2) is 11.8 Å². The molecule has 204 valence electrons. The highest BCUT2D eigenvalue weighted by atomic mass is 32.2. The first-order chi connectivity index (χ1) is 17.7. The summed E-state index contributed by atoms with van der Waals surface area (Å²) < 4.78 is 39.8. The number of nitrogens with zero attached hydrogens (tertiary/aromatic N) is 2. The molecular formula is C25H29N3O9S. The van der Waals surface area contributed by atoms with Crippen molar-refractivity contribution in [3.05, 3.63) is 75.9 Å². The number of para-hydroxylation sites is 1. The van der Waals surface area contributed by atoms with Crippen LogP contribution in [0.4, 0.5) is 16.2 Å². The Morgan fingerprint density at radius 1 is 1.16 bits per heavy atom. The average molecular weight is 548 g/mol. The Labute approximate surface area is 220 Å². The quantitative estimate of drug-likeness (QED) is 0.283. The minimum atomic E-state index is -4.40. The van der Waals surface area contributed by atoms with E-state index in [9.17, 15) is 33.2 Å². The predicted molar refractivity (Wildman–Crippen MR) is 138 cm³/mol. The molecule has 0 aliphatic carbocycles. The lowest BCUT2D eigenvalue weighted by Gasteiger charge is -2.37. The first-order valence-corrected chi connectivity index (χ1v) is 13.1. The number of nitro benzene ring substituents is 1. The van der Waals surface area contributed by atoms with Crippen LogP contribution in [0.25, 0.3) is 0 Å². The van der Waals surface area contributed by atoms with Crippen molar-refractivity contribution in [1.29, 1.82) is 0 Å². The third kappa shape index (κ3) is 6.79.